The molecule has 0 aliphatic carbocycles. The van der Waals surface area contributed by atoms with Crippen molar-refractivity contribution in [3.63, 3.8) is 0 Å². The van der Waals surface area contributed by atoms with E-state index in [-0.39, 0.29) is 5.92 Å². The Kier molecular flexibility index (Phi) is 4.01. The zero-order valence-electron chi connectivity index (χ0n) is 7.42. The number of unbranched alkanes of at least 4 members (excludes halogenated alkanes) is 1. The fourth-order valence-corrected chi connectivity index (χ4v) is 1.45. The molecule has 0 radical (unpaired) electrons. The van der Waals surface area contributed by atoms with Crippen molar-refractivity contribution in [2.75, 3.05) is 13.2 Å². The van der Waals surface area contributed by atoms with Crippen LogP contribution in [0.2, 0.25) is 0 Å². The summed E-state index contributed by atoms with van der Waals surface area (Å²) in [5, 5.41) is 0. The van der Waals surface area contributed by atoms with Crippen molar-refractivity contribution in [3.05, 3.63) is 12.7 Å². The highest BCUT2D eigenvalue weighted by atomic mass is 16.5. The Balaban J connectivity index is 2.20. The summed E-state index contributed by atoms with van der Waals surface area (Å²) in [6.45, 7) is 4.90. The van der Waals surface area contributed by atoms with Gasteiger partial charge < -0.3 is 4.74 Å². The lowest BCUT2D eigenvalue weighted by molar-refractivity contribution is -0.130. The molecule has 1 aliphatic rings. The topological polar surface area (TPSA) is 26.3 Å². The molecule has 1 rings (SSSR count). The number of Topliss-reactive ketones (excluding diaryl/α,β-unsaturated/α-hetero) is 1. The summed E-state index contributed by atoms with van der Waals surface area (Å²) in [5.74, 6) is 0.545. The minimum absolute atomic E-state index is 0.165. The molecule has 2 nitrogen and oxygen atoms in total. The highest BCUT2D eigenvalue weighted by Gasteiger charge is 2.21. The van der Waals surface area contributed by atoms with Crippen LogP contribution in [-0.2, 0) is 9.53 Å². The van der Waals surface area contributed by atoms with Gasteiger partial charge in [0.25, 0.3) is 0 Å². The van der Waals surface area contributed by atoms with E-state index in [4.69, 9.17) is 4.74 Å². The average molecular weight is 168 g/mol. The van der Waals surface area contributed by atoms with Gasteiger partial charge in [-0.1, -0.05) is 6.08 Å². The predicted octanol–water partition coefficient (Wildman–Crippen LogP) is 1.95. The standard InChI is InChI=1S/C10H16O2/c1-2-3-4-5-9-8-12-7-6-10(9)11/h2,9H,1,3-8H2. The maximum Gasteiger partial charge on any atom is 0.140 e. The van der Waals surface area contributed by atoms with Crippen LogP contribution in [0.4, 0.5) is 0 Å². The first-order valence-electron chi connectivity index (χ1n) is 4.56. The third-order valence-corrected chi connectivity index (χ3v) is 2.23. The van der Waals surface area contributed by atoms with Crippen molar-refractivity contribution in [2.45, 2.75) is 25.7 Å². The van der Waals surface area contributed by atoms with Gasteiger partial charge in [-0.2, -0.15) is 0 Å². The Morgan fingerprint density at radius 3 is 3.17 bits per heavy atom. The second-order valence-electron chi connectivity index (χ2n) is 3.21. The number of ether oxygens (including phenoxy) is 1. The summed E-state index contributed by atoms with van der Waals surface area (Å²) in [6.07, 6.45) is 5.53. The van der Waals surface area contributed by atoms with Crippen LogP contribution in [0.15, 0.2) is 12.7 Å². The highest BCUT2D eigenvalue weighted by molar-refractivity contribution is 5.81. The van der Waals surface area contributed by atoms with Crippen LogP contribution in [0.25, 0.3) is 0 Å². The fourth-order valence-electron chi connectivity index (χ4n) is 1.45. The van der Waals surface area contributed by atoms with E-state index in [0.29, 0.717) is 25.4 Å². The first kappa shape index (κ1) is 9.46. The van der Waals surface area contributed by atoms with Crippen LogP contribution < -0.4 is 0 Å². The second kappa shape index (κ2) is 5.09. The van der Waals surface area contributed by atoms with Crippen molar-refractivity contribution in [2.24, 2.45) is 5.92 Å². The van der Waals surface area contributed by atoms with Gasteiger partial charge in [-0.15, -0.1) is 6.58 Å². The van der Waals surface area contributed by atoms with Crippen molar-refractivity contribution < 1.29 is 9.53 Å². The monoisotopic (exact) mass is 168 g/mol. The van der Waals surface area contributed by atoms with Gasteiger partial charge >= 0.3 is 0 Å². The Labute approximate surface area is 73.6 Å². The molecule has 1 saturated heterocycles. The van der Waals surface area contributed by atoms with Crippen molar-refractivity contribution >= 4 is 5.78 Å². The number of ketones is 1. The van der Waals surface area contributed by atoms with Crippen LogP contribution in [0.1, 0.15) is 25.7 Å². The molecule has 1 aliphatic heterocycles. The molecule has 0 spiro atoms. The normalized spacial score (nSPS) is 24.0. The summed E-state index contributed by atoms with van der Waals surface area (Å²) in [6, 6.07) is 0. The van der Waals surface area contributed by atoms with E-state index >= 15 is 0 Å². The van der Waals surface area contributed by atoms with E-state index in [1.54, 1.807) is 0 Å². The Bertz CT molecular complexity index is 163. The summed E-state index contributed by atoms with van der Waals surface area (Å²) in [4.78, 5) is 11.3. The lowest BCUT2D eigenvalue weighted by Gasteiger charge is -2.20. The Morgan fingerprint density at radius 1 is 1.67 bits per heavy atom. The van der Waals surface area contributed by atoms with E-state index < -0.39 is 0 Å². The zero-order valence-corrected chi connectivity index (χ0v) is 7.42. The number of hydrogen-bond acceptors (Lipinski definition) is 2. The predicted molar refractivity (Wildman–Crippen MR) is 48.0 cm³/mol. The minimum Gasteiger partial charge on any atom is -0.380 e. The maximum atomic E-state index is 11.3. The first-order valence-corrected chi connectivity index (χ1v) is 4.56. The average Bonchev–Trinajstić information content (AvgIpc) is 2.09. The number of rotatable bonds is 4. The molecule has 0 N–H and O–H groups in total. The van der Waals surface area contributed by atoms with Crippen molar-refractivity contribution in [1.82, 2.24) is 0 Å². The van der Waals surface area contributed by atoms with Gasteiger partial charge in [0, 0.05) is 12.3 Å². The van der Waals surface area contributed by atoms with Gasteiger partial charge in [0.15, 0.2) is 0 Å². The fraction of sp³-hybridized carbons (Fsp3) is 0.700. The summed E-state index contributed by atoms with van der Waals surface area (Å²) < 4.78 is 5.24. The molecule has 0 amide bonds. The molecule has 2 heteroatoms. The molecule has 68 valence electrons. The Morgan fingerprint density at radius 2 is 2.50 bits per heavy atom. The number of carbonyl (C=O) groups excluding carboxylic acids is 1. The lowest BCUT2D eigenvalue weighted by atomic mass is 9.95. The zero-order chi connectivity index (χ0) is 8.81. The summed E-state index contributed by atoms with van der Waals surface area (Å²) in [5.41, 5.74) is 0. The van der Waals surface area contributed by atoms with Gasteiger partial charge in [-0.05, 0) is 19.3 Å². The molecule has 0 bridgehead atoms. The number of carbonyl (C=O) groups is 1. The van der Waals surface area contributed by atoms with Crippen LogP contribution in [-0.4, -0.2) is 19.0 Å². The van der Waals surface area contributed by atoms with E-state index in [9.17, 15) is 4.79 Å². The largest absolute Gasteiger partial charge is 0.380 e. The second-order valence-corrected chi connectivity index (χ2v) is 3.21. The van der Waals surface area contributed by atoms with Crippen LogP contribution >= 0.6 is 0 Å². The molecule has 1 fully saturated rings. The van der Waals surface area contributed by atoms with Crippen molar-refractivity contribution in [1.29, 1.82) is 0 Å². The van der Waals surface area contributed by atoms with Gasteiger partial charge in [0.1, 0.15) is 5.78 Å². The van der Waals surface area contributed by atoms with Gasteiger partial charge in [0.05, 0.1) is 13.2 Å². The molecular weight excluding hydrogens is 152 g/mol. The maximum absolute atomic E-state index is 11.3. The SMILES string of the molecule is C=CCCCC1COCCC1=O. The van der Waals surface area contributed by atoms with Gasteiger partial charge in [-0.3, -0.25) is 4.79 Å². The quantitative estimate of drug-likeness (QED) is 0.473. The molecule has 1 unspecified atom stereocenters. The molecular formula is C10H16O2. The summed E-state index contributed by atoms with van der Waals surface area (Å²) >= 11 is 0. The van der Waals surface area contributed by atoms with Crippen LogP contribution in [0.5, 0.6) is 0 Å². The summed E-state index contributed by atoms with van der Waals surface area (Å²) in [7, 11) is 0. The highest BCUT2D eigenvalue weighted by Crippen LogP contribution is 2.16. The van der Waals surface area contributed by atoms with Gasteiger partial charge in [0.2, 0.25) is 0 Å². The van der Waals surface area contributed by atoms with E-state index in [1.807, 2.05) is 6.08 Å². The third-order valence-electron chi connectivity index (χ3n) is 2.23. The molecule has 0 aromatic carbocycles. The van der Waals surface area contributed by atoms with Crippen LogP contribution in [0, 0.1) is 5.92 Å². The van der Waals surface area contributed by atoms with Gasteiger partial charge in [-0.25, -0.2) is 0 Å². The number of allylic oxidation sites excluding steroid dienone is 1. The van der Waals surface area contributed by atoms with Crippen LogP contribution in [0.3, 0.4) is 0 Å². The Hall–Kier alpha value is -0.630. The van der Waals surface area contributed by atoms with E-state index in [1.165, 1.54) is 0 Å². The number of hydrogen-bond donors (Lipinski definition) is 0. The molecule has 1 heterocycles. The third kappa shape index (κ3) is 2.78. The minimum atomic E-state index is 0.165. The molecule has 0 aromatic heterocycles. The smallest absolute Gasteiger partial charge is 0.140 e. The lowest BCUT2D eigenvalue weighted by Crippen LogP contribution is -2.27. The first-order chi connectivity index (χ1) is 5.84. The van der Waals surface area contributed by atoms with E-state index in [2.05, 4.69) is 6.58 Å². The van der Waals surface area contributed by atoms with Crippen molar-refractivity contribution in [3.8, 4) is 0 Å². The molecule has 1 atom stereocenters. The molecule has 0 saturated carbocycles. The molecule has 0 aromatic rings. The molecule has 12 heavy (non-hydrogen) atoms. The van der Waals surface area contributed by atoms with E-state index in [0.717, 1.165) is 19.3 Å².